The second-order valence-electron chi connectivity index (χ2n) is 7.42. The van der Waals surface area contributed by atoms with E-state index in [1.165, 1.54) is 28.0 Å². The highest BCUT2D eigenvalue weighted by molar-refractivity contribution is 6.03. The minimum atomic E-state index is -0.282. The fourth-order valence-corrected chi connectivity index (χ4v) is 3.41. The van der Waals surface area contributed by atoms with Crippen molar-refractivity contribution in [3.63, 3.8) is 0 Å². The summed E-state index contributed by atoms with van der Waals surface area (Å²) in [6.45, 7) is 5.56. The van der Waals surface area contributed by atoms with Crippen LogP contribution in [0.1, 0.15) is 41.6 Å². The van der Waals surface area contributed by atoms with Gasteiger partial charge in [-0.1, -0.05) is 30.3 Å². The standard InChI is InChI=1S/C23H27N3O3/c1-15-10-11-18(12-16(15)2)20-13-21(19-8-6-7-9-22(19)29-5)26(24-20)23(28)14-25(4)17(3)27/h6-12,21H,13-14H2,1-5H3/t21-/m0/s1. The molecule has 0 spiro atoms. The van der Waals surface area contributed by atoms with Gasteiger partial charge in [-0.05, 0) is 42.7 Å². The van der Waals surface area contributed by atoms with Gasteiger partial charge in [0.25, 0.3) is 5.91 Å². The number of benzene rings is 2. The van der Waals surface area contributed by atoms with Crippen LogP contribution in [0.15, 0.2) is 47.6 Å². The molecule has 0 radical (unpaired) electrons. The van der Waals surface area contributed by atoms with E-state index in [0.717, 1.165) is 16.8 Å². The van der Waals surface area contributed by atoms with Crippen LogP contribution >= 0.6 is 0 Å². The summed E-state index contributed by atoms with van der Waals surface area (Å²) in [6, 6.07) is 13.6. The number of methoxy groups -OCH3 is 1. The molecule has 0 unspecified atom stereocenters. The van der Waals surface area contributed by atoms with Crippen LogP contribution in [0.2, 0.25) is 0 Å². The molecule has 2 aromatic carbocycles. The van der Waals surface area contributed by atoms with Gasteiger partial charge in [-0.2, -0.15) is 5.10 Å². The average molecular weight is 393 g/mol. The molecule has 3 rings (SSSR count). The third-order valence-corrected chi connectivity index (χ3v) is 5.41. The van der Waals surface area contributed by atoms with Crippen LogP contribution in [0.5, 0.6) is 5.75 Å². The summed E-state index contributed by atoms with van der Waals surface area (Å²) in [5.41, 5.74) is 5.15. The molecule has 2 amide bonds. The maximum absolute atomic E-state index is 13.0. The van der Waals surface area contributed by atoms with Crippen LogP contribution < -0.4 is 4.74 Å². The first-order valence-electron chi connectivity index (χ1n) is 9.63. The largest absolute Gasteiger partial charge is 0.496 e. The van der Waals surface area contributed by atoms with Crippen molar-refractivity contribution in [3.8, 4) is 5.75 Å². The molecule has 0 bridgehead atoms. The van der Waals surface area contributed by atoms with E-state index in [2.05, 4.69) is 31.1 Å². The molecule has 1 aliphatic rings. The Morgan fingerprint density at radius 3 is 2.55 bits per heavy atom. The second kappa shape index (κ2) is 8.47. The summed E-state index contributed by atoms with van der Waals surface area (Å²) in [7, 11) is 3.23. The van der Waals surface area contributed by atoms with Crippen molar-refractivity contribution in [3.05, 3.63) is 64.7 Å². The van der Waals surface area contributed by atoms with Crippen molar-refractivity contribution in [2.24, 2.45) is 5.10 Å². The summed E-state index contributed by atoms with van der Waals surface area (Å²) < 4.78 is 5.53. The lowest BCUT2D eigenvalue weighted by molar-refractivity contribution is -0.139. The molecule has 0 saturated carbocycles. The Hall–Kier alpha value is -3.15. The molecule has 0 fully saturated rings. The first-order valence-corrected chi connectivity index (χ1v) is 9.63. The summed E-state index contributed by atoms with van der Waals surface area (Å²) in [4.78, 5) is 26.0. The smallest absolute Gasteiger partial charge is 0.262 e. The fourth-order valence-electron chi connectivity index (χ4n) is 3.41. The van der Waals surface area contributed by atoms with Crippen molar-refractivity contribution in [2.75, 3.05) is 20.7 Å². The Morgan fingerprint density at radius 1 is 1.17 bits per heavy atom. The lowest BCUT2D eigenvalue weighted by Gasteiger charge is -2.25. The molecular weight excluding hydrogens is 366 g/mol. The normalized spacial score (nSPS) is 15.8. The van der Waals surface area contributed by atoms with Gasteiger partial charge in [0.1, 0.15) is 12.3 Å². The van der Waals surface area contributed by atoms with Crippen LogP contribution in [0.25, 0.3) is 0 Å². The lowest BCUT2D eigenvalue weighted by Crippen LogP contribution is -2.38. The monoisotopic (exact) mass is 393 g/mol. The number of amides is 2. The zero-order valence-corrected chi connectivity index (χ0v) is 17.6. The van der Waals surface area contributed by atoms with E-state index in [0.29, 0.717) is 12.2 Å². The number of nitrogens with zero attached hydrogens (tertiary/aromatic N) is 3. The zero-order valence-electron chi connectivity index (χ0n) is 17.6. The molecule has 1 atom stereocenters. The predicted octanol–water partition coefficient (Wildman–Crippen LogP) is 3.47. The van der Waals surface area contributed by atoms with Gasteiger partial charge in [-0.3, -0.25) is 9.59 Å². The van der Waals surface area contributed by atoms with Gasteiger partial charge in [0.2, 0.25) is 5.91 Å². The van der Waals surface area contributed by atoms with Crippen molar-refractivity contribution in [1.82, 2.24) is 9.91 Å². The molecule has 0 aromatic heterocycles. The number of rotatable bonds is 5. The first kappa shape index (κ1) is 20.6. The summed E-state index contributed by atoms with van der Waals surface area (Å²) in [5, 5.41) is 6.18. The number of aryl methyl sites for hydroxylation is 2. The molecule has 0 N–H and O–H groups in total. The van der Waals surface area contributed by atoms with E-state index >= 15 is 0 Å². The zero-order chi connectivity index (χ0) is 21.1. The Kier molecular flexibility index (Phi) is 6.01. The number of hydrogen-bond acceptors (Lipinski definition) is 4. The van der Waals surface area contributed by atoms with Crippen LogP contribution in [-0.2, 0) is 9.59 Å². The van der Waals surface area contributed by atoms with E-state index in [1.54, 1.807) is 14.2 Å². The SMILES string of the molecule is COc1ccccc1[C@@H]1CC(c2ccc(C)c(C)c2)=NN1C(=O)CN(C)C(C)=O. The van der Waals surface area contributed by atoms with Gasteiger partial charge in [-0.25, -0.2) is 5.01 Å². The maximum atomic E-state index is 13.0. The second-order valence-corrected chi connectivity index (χ2v) is 7.42. The van der Waals surface area contributed by atoms with Crippen LogP contribution in [-0.4, -0.2) is 48.1 Å². The van der Waals surface area contributed by atoms with Crippen molar-refractivity contribution in [2.45, 2.75) is 33.2 Å². The first-order chi connectivity index (χ1) is 13.8. The molecule has 2 aromatic rings. The number of carbonyl (C=O) groups excluding carboxylic acids is 2. The lowest BCUT2D eigenvalue weighted by atomic mass is 9.96. The highest BCUT2D eigenvalue weighted by Gasteiger charge is 2.35. The summed E-state index contributed by atoms with van der Waals surface area (Å²) >= 11 is 0. The number of carbonyl (C=O) groups is 2. The molecule has 0 aliphatic carbocycles. The van der Waals surface area contributed by atoms with Gasteiger partial charge in [0.15, 0.2) is 0 Å². The van der Waals surface area contributed by atoms with Gasteiger partial charge in [-0.15, -0.1) is 0 Å². The van der Waals surface area contributed by atoms with Crippen molar-refractivity contribution < 1.29 is 14.3 Å². The highest BCUT2D eigenvalue weighted by atomic mass is 16.5. The molecule has 6 nitrogen and oxygen atoms in total. The summed E-state index contributed by atoms with van der Waals surface area (Å²) in [5.74, 6) is 0.328. The fraction of sp³-hybridized carbons (Fsp3) is 0.348. The topological polar surface area (TPSA) is 62.2 Å². The minimum Gasteiger partial charge on any atom is -0.496 e. The molecule has 29 heavy (non-hydrogen) atoms. The van der Waals surface area contributed by atoms with Crippen LogP contribution in [0.4, 0.5) is 0 Å². The molecular formula is C23H27N3O3. The number of hydrogen-bond donors (Lipinski definition) is 0. The van der Waals surface area contributed by atoms with E-state index in [1.807, 2.05) is 30.3 Å². The Bertz CT molecular complexity index is 968. The number of likely N-dealkylation sites (N-methyl/N-ethyl adjacent to an activating group) is 1. The van der Waals surface area contributed by atoms with Crippen molar-refractivity contribution >= 4 is 17.5 Å². The Labute approximate surface area is 171 Å². The summed E-state index contributed by atoms with van der Waals surface area (Å²) in [6.07, 6.45) is 0.582. The molecule has 6 heteroatoms. The molecule has 152 valence electrons. The third-order valence-electron chi connectivity index (χ3n) is 5.41. The number of hydrazone groups is 1. The average Bonchev–Trinajstić information content (AvgIpc) is 3.15. The molecule has 0 saturated heterocycles. The van der Waals surface area contributed by atoms with E-state index in [9.17, 15) is 9.59 Å². The van der Waals surface area contributed by atoms with E-state index < -0.39 is 0 Å². The molecule has 1 aliphatic heterocycles. The van der Waals surface area contributed by atoms with Gasteiger partial charge in [0.05, 0.1) is 18.9 Å². The van der Waals surface area contributed by atoms with Gasteiger partial charge < -0.3 is 9.64 Å². The molecule has 1 heterocycles. The van der Waals surface area contributed by atoms with E-state index in [4.69, 9.17) is 4.74 Å². The van der Waals surface area contributed by atoms with Gasteiger partial charge in [0, 0.05) is 26.0 Å². The predicted molar refractivity (Wildman–Crippen MR) is 113 cm³/mol. The van der Waals surface area contributed by atoms with Crippen LogP contribution in [0.3, 0.4) is 0 Å². The van der Waals surface area contributed by atoms with Crippen molar-refractivity contribution in [1.29, 1.82) is 0 Å². The maximum Gasteiger partial charge on any atom is 0.262 e. The highest BCUT2D eigenvalue weighted by Crippen LogP contribution is 2.37. The number of ether oxygens (including phenoxy) is 1. The van der Waals surface area contributed by atoms with E-state index in [-0.39, 0.29) is 24.4 Å². The third kappa shape index (κ3) is 4.31. The minimum absolute atomic E-state index is 0.0231. The van der Waals surface area contributed by atoms with Crippen LogP contribution in [0, 0.1) is 13.8 Å². The van der Waals surface area contributed by atoms with Gasteiger partial charge >= 0.3 is 0 Å². The Morgan fingerprint density at radius 2 is 1.90 bits per heavy atom. The quantitative estimate of drug-likeness (QED) is 0.781. The number of para-hydroxylation sites is 1. The Balaban J connectivity index is 1.99.